The van der Waals surface area contributed by atoms with Gasteiger partial charge in [0.05, 0.1) is 6.21 Å². The highest BCUT2D eigenvalue weighted by Crippen LogP contribution is 1.94. The standard InChI is InChI=1S/C10H10ClNO/c1-8-9(6-7-12-13-2)4-3-5-10(8)11/h3-7H,1H2,2H3/b9-6-,12-7+. The molecule has 1 aromatic carbocycles. The van der Waals surface area contributed by atoms with Crippen LogP contribution in [0.5, 0.6) is 0 Å². The molecule has 1 rings (SSSR count). The van der Waals surface area contributed by atoms with Crippen LogP contribution in [0.1, 0.15) is 0 Å². The van der Waals surface area contributed by atoms with Crippen molar-refractivity contribution in [3.8, 4) is 0 Å². The van der Waals surface area contributed by atoms with E-state index in [-0.39, 0.29) is 0 Å². The number of oxime groups is 1. The van der Waals surface area contributed by atoms with Crippen LogP contribution in [0.25, 0.3) is 12.7 Å². The van der Waals surface area contributed by atoms with Crippen molar-refractivity contribution in [3.05, 3.63) is 33.7 Å². The van der Waals surface area contributed by atoms with Crippen LogP contribution in [0.15, 0.2) is 23.4 Å². The lowest BCUT2D eigenvalue weighted by Gasteiger charge is -1.90. The third-order valence-electron chi connectivity index (χ3n) is 1.58. The molecule has 0 saturated carbocycles. The van der Waals surface area contributed by atoms with Crippen LogP contribution in [-0.4, -0.2) is 13.3 Å². The molecule has 1 aromatic rings. The molecule has 0 saturated heterocycles. The Hall–Kier alpha value is -1.28. The smallest absolute Gasteiger partial charge is 0.106 e. The van der Waals surface area contributed by atoms with E-state index in [0.29, 0.717) is 5.02 Å². The van der Waals surface area contributed by atoms with Gasteiger partial charge in [0.2, 0.25) is 0 Å². The van der Waals surface area contributed by atoms with Crippen molar-refractivity contribution < 1.29 is 4.84 Å². The quantitative estimate of drug-likeness (QED) is 0.513. The number of hydrogen-bond acceptors (Lipinski definition) is 2. The molecule has 68 valence electrons. The second-order valence-corrected chi connectivity index (χ2v) is 2.82. The Kier molecular flexibility index (Phi) is 3.53. The van der Waals surface area contributed by atoms with Crippen LogP contribution >= 0.6 is 11.6 Å². The zero-order valence-electron chi connectivity index (χ0n) is 7.33. The Morgan fingerprint density at radius 3 is 3.00 bits per heavy atom. The Bertz CT molecular complexity index is 411. The van der Waals surface area contributed by atoms with Crippen LogP contribution in [0.2, 0.25) is 5.02 Å². The van der Waals surface area contributed by atoms with Crippen molar-refractivity contribution in [1.29, 1.82) is 0 Å². The molecule has 0 heterocycles. The number of benzene rings is 1. The summed E-state index contributed by atoms with van der Waals surface area (Å²) in [5, 5.41) is 5.97. The average molecular weight is 196 g/mol. The van der Waals surface area contributed by atoms with E-state index in [4.69, 9.17) is 11.6 Å². The van der Waals surface area contributed by atoms with Gasteiger partial charge in [0.25, 0.3) is 0 Å². The minimum Gasteiger partial charge on any atom is -0.399 e. The van der Waals surface area contributed by atoms with Gasteiger partial charge in [-0.25, -0.2) is 0 Å². The van der Waals surface area contributed by atoms with Gasteiger partial charge in [-0.15, -0.1) is 0 Å². The first-order chi connectivity index (χ1) is 6.25. The molecule has 0 bridgehead atoms. The zero-order valence-corrected chi connectivity index (χ0v) is 8.08. The Morgan fingerprint density at radius 2 is 2.31 bits per heavy atom. The second kappa shape index (κ2) is 4.67. The summed E-state index contributed by atoms with van der Waals surface area (Å²) in [6, 6.07) is 5.58. The monoisotopic (exact) mass is 195 g/mol. The van der Waals surface area contributed by atoms with Gasteiger partial charge in [-0.05, 0) is 22.6 Å². The van der Waals surface area contributed by atoms with Crippen LogP contribution < -0.4 is 10.4 Å². The molecule has 0 radical (unpaired) electrons. The topological polar surface area (TPSA) is 21.6 Å². The SMILES string of the molecule is C=c1c(Cl)ccc/c1=C/C=N/OC. The lowest BCUT2D eigenvalue weighted by molar-refractivity contribution is 0.216. The first-order valence-corrected chi connectivity index (χ1v) is 4.14. The molecule has 0 aliphatic carbocycles. The fraction of sp³-hybridized carbons (Fsp3) is 0.100. The van der Waals surface area contributed by atoms with E-state index < -0.39 is 0 Å². The molecule has 0 fully saturated rings. The van der Waals surface area contributed by atoms with Gasteiger partial charge in [-0.1, -0.05) is 35.5 Å². The van der Waals surface area contributed by atoms with Crippen molar-refractivity contribution in [2.75, 3.05) is 7.11 Å². The van der Waals surface area contributed by atoms with E-state index in [9.17, 15) is 0 Å². The highest BCUT2D eigenvalue weighted by molar-refractivity contribution is 6.30. The molecule has 0 atom stereocenters. The minimum atomic E-state index is 0.652. The largest absolute Gasteiger partial charge is 0.399 e. The van der Waals surface area contributed by atoms with Gasteiger partial charge in [0, 0.05) is 5.02 Å². The molecule has 0 aliphatic rings. The van der Waals surface area contributed by atoms with Gasteiger partial charge < -0.3 is 4.84 Å². The fourth-order valence-electron chi connectivity index (χ4n) is 0.903. The number of nitrogens with zero attached hydrogens (tertiary/aromatic N) is 1. The lowest BCUT2D eigenvalue weighted by Crippen LogP contribution is -2.23. The molecule has 13 heavy (non-hydrogen) atoms. The Balaban J connectivity index is 3.15. The lowest BCUT2D eigenvalue weighted by atomic mass is 10.2. The summed E-state index contributed by atoms with van der Waals surface area (Å²) in [6.07, 6.45) is 3.35. The second-order valence-electron chi connectivity index (χ2n) is 2.41. The summed E-state index contributed by atoms with van der Waals surface area (Å²) in [5.41, 5.74) is 0. The highest BCUT2D eigenvalue weighted by atomic mass is 35.5. The van der Waals surface area contributed by atoms with Crippen molar-refractivity contribution in [2.24, 2.45) is 5.16 Å². The number of halogens is 1. The summed E-state index contributed by atoms with van der Waals surface area (Å²) < 4.78 is 0. The molecule has 0 N–H and O–H groups in total. The van der Waals surface area contributed by atoms with E-state index in [2.05, 4.69) is 16.6 Å². The molecule has 0 aliphatic heterocycles. The van der Waals surface area contributed by atoms with E-state index in [0.717, 1.165) is 10.4 Å². The summed E-state index contributed by atoms with van der Waals surface area (Å²) in [4.78, 5) is 4.52. The van der Waals surface area contributed by atoms with E-state index in [1.54, 1.807) is 18.4 Å². The van der Waals surface area contributed by atoms with Crippen molar-refractivity contribution in [1.82, 2.24) is 0 Å². The molecule has 0 unspecified atom stereocenters. The zero-order chi connectivity index (χ0) is 9.68. The summed E-state index contributed by atoms with van der Waals surface area (Å²) in [5.74, 6) is 0. The predicted molar refractivity (Wildman–Crippen MR) is 56.2 cm³/mol. The maximum atomic E-state index is 5.87. The molecule has 0 amide bonds. The minimum absolute atomic E-state index is 0.652. The van der Waals surface area contributed by atoms with Crippen molar-refractivity contribution >= 4 is 30.5 Å². The van der Waals surface area contributed by atoms with Crippen molar-refractivity contribution in [3.63, 3.8) is 0 Å². The van der Waals surface area contributed by atoms with Gasteiger partial charge in [-0.3, -0.25) is 0 Å². The van der Waals surface area contributed by atoms with Crippen LogP contribution in [0.4, 0.5) is 0 Å². The van der Waals surface area contributed by atoms with E-state index in [1.807, 2.05) is 12.1 Å². The number of rotatable bonds is 2. The molecular weight excluding hydrogens is 186 g/mol. The summed E-state index contributed by atoms with van der Waals surface area (Å²) in [7, 11) is 1.49. The third kappa shape index (κ3) is 2.60. The maximum Gasteiger partial charge on any atom is 0.106 e. The Labute approximate surface area is 81.8 Å². The predicted octanol–water partition coefficient (Wildman–Crippen LogP) is 1.16. The van der Waals surface area contributed by atoms with Gasteiger partial charge in [0.15, 0.2) is 0 Å². The average Bonchev–Trinajstić information content (AvgIpc) is 2.13. The molecule has 2 nitrogen and oxygen atoms in total. The van der Waals surface area contributed by atoms with Crippen LogP contribution in [0, 0.1) is 0 Å². The van der Waals surface area contributed by atoms with Gasteiger partial charge in [0.1, 0.15) is 7.11 Å². The van der Waals surface area contributed by atoms with E-state index >= 15 is 0 Å². The van der Waals surface area contributed by atoms with Crippen molar-refractivity contribution in [2.45, 2.75) is 0 Å². The van der Waals surface area contributed by atoms with Gasteiger partial charge >= 0.3 is 0 Å². The first kappa shape index (κ1) is 9.81. The van der Waals surface area contributed by atoms with Gasteiger partial charge in [-0.2, -0.15) is 0 Å². The van der Waals surface area contributed by atoms with Crippen LogP contribution in [0.3, 0.4) is 0 Å². The van der Waals surface area contributed by atoms with E-state index in [1.165, 1.54) is 7.11 Å². The third-order valence-corrected chi connectivity index (χ3v) is 1.93. The molecule has 0 spiro atoms. The maximum absolute atomic E-state index is 5.87. The number of hydrogen-bond donors (Lipinski definition) is 0. The Morgan fingerprint density at radius 1 is 1.54 bits per heavy atom. The summed E-state index contributed by atoms with van der Waals surface area (Å²) >= 11 is 5.87. The molecule has 3 heteroatoms. The highest BCUT2D eigenvalue weighted by Gasteiger charge is 1.87. The molecule has 0 aromatic heterocycles. The fourth-order valence-corrected chi connectivity index (χ4v) is 1.08. The van der Waals surface area contributed by atoms with Crippen LogP contribution in [-0.2, 0) is 4.84 Å². The molecular formula is C10H10ClNO. The summed E-state index contributed by atoms with van der Waals surface area (Å²) in [6.45, 7) is 3.83. The first-order valence-electron chi connectivity index (χ1n) is 3.76. The normalized spacial score (nSPS) is 12.3.